The predicted octanol–water partition coefficient (Wildman–Crippen LogP) is 4.12. The molecule has 0 spiro atoms. The highest BCUT2D eigenvalue weighted by molar-refractivity contribution is 8.13. The molecule has 10 nitrogen and oxygen atoms in total. The number of carbonyl (C=O) groups is 2. The van der Waals surface area contributed by atoms with Crippen molar-refractivity contribution >= 4 is 41.0 Å². The Hall–Kier alpha value is -2.63. The van der Waals surface area contributed by atoms with Gasteiger partial charge < -0.3 is 25.4 Å². The number of methoxy groups -OCH3 is 1. The molecule has 12 heteroatoms. The van der Waals surface area contributed by atoms with Gasteiger partial charge in [-0.2, -0.15) is 0 Å². The van der Waals surface area contributed by atoms with E-state index in [-0.39, 0.29) is 31.4 Å². The largest absolute Gasteiger partial charge is 0.469 e. The van der Waals surface area contributed by atoms with E-state index < -0.39 is 29.4 Å². The van der Waals surface area contributed by atoms with E-state index in [0.29, 0.717) is 18.1 Å². The molecule has 0 aromatic heterocycles. The van der Waals surface area contributed by atoms with Gasteiger partial charge in [-0.25, -0.2) is 9.18 Å². The zero-order valence-corrected chi connectivity index (χ0v) is 23.9. The maximum atomic E-state index is 13.3. The van der Waals surface area contributed by atoms with Gasteiger partial charge in [-0.05, 0) is 34.6 Å². The van der Waals surface area contributed by atoms with Crippen molar-refractivity contribution in [2.75, 3.05) is 32.6 Å². The number of esters is 1. The SMILES string of the molecule is CC.COC(=O)C(C)CN(CCC1=NC(C)C(=NC/C(N)=C(/C)F)N/C=N\CS1)C(=O)OC(C)(C)C. The molecule has 0 aliphatic carbocycles. The van der Waals surface area contributed by atoms with Crippen LogP contribution in [0.3, 0.4) is 0 Å². The Morgan fingerprint density at radius 2 is 2.03 bits per heavy atom. The molecule has 2 atom stereocenters. The number of hydrogen-bond donors (Lipinski definition) is 2. The summed E-state index contributed by atoms with van der Waals surface area (Å²) in [5, 5.41) is 3.74. The van der Waals surface area contributed by atoms with E-state index in [9.17, 15) is 14.0 Å². The minimum Gasteiger partial charge on any atom is -0.469 e. The van der Waals surface area contributed by atoms with Gasteiger partial charge in [0.1, 0.15) is 23.3 Å². The molecule has 1 aliphatic heterocycles. The summed E-state index contributed by atoms with van der Waals surface area (Å²) in [5.41, 5.74) is 5.01. The molecule has 2 unspecified atom stereocenters. The van der Waals surface area contributed by atoms with Crippen molar-refractivity contribution in [2.45, 2.75) is 73.5 Å². The Morgan fingerprint density at radius 3 is 2.58 bits per heavy atom. The minimum atomic E-state index is -0.678. The molecule has 1 heterocycles. The van der Waals surface area contributed by atoms with E-state index in [1.54, 1.807) is 27.7 Å². The standard InChI is InChI=1S/C22H37FN6O4S.C2H6/c1-14(20(30)32-7)11-29(21(31)33-22(4,5)6)9-8-18-28-16(3)19(27-12-25-13-34-18)26-10-17(24)15(2)23;1-2/h12,14,16H,8-11,13,24H2,1-7H3,(H,25,26,27);1-2H3/b17-15+,28-18?;. The number of aliphatic imine (C=N–C) groups is 3. The van der Waals surface area contributed by atoms with Gasteiger partial charge in [0.2, 0.25) is 0 Å². The van der Waals surface area contributed by atoms with E-state index in [4.69, 9.17) is 20.2 Å². The third-order valence-corrected chi connectivity index (χ3v) is 5.47. The molecule has 3 N–H and O–H groups in total. The normalized spacial score (nSPS) is 19.6. The van der Waals surface area contributed by atoms with Gasteiger partial charge in [-0.3, -0.25) is 19.8 Å². The van der Waals surface area contributed by atoms with E-state index in [1.165, 1.54) is 37.0 Å². The fourth-order valence-electron chi connectivity index (χ4n) is 2.71. The van der Waals surface area contributed by atoms with Gasteiger partial charge >= 0.3 is 12.1 Å². The third-order valence-electron chi connectivity index (χ3n) is 4.55. The fraction of sp³-hybridized carbons (Fsp3) is 0.708. The molecule has 36 heavy (non-hydrogen) atoms. The Bertz CT molecular complexity index is 835. The zero-order valence-electron chi connectivity index (χ0n) is 23.1. The summed E-state index contributed by atoms with van der Waals surface area (Å²) in [7, 11) is 1.31. The number of nitrogens with two attached hydrogens (primary N) is 1. The molecule has 0 fully saturated rings. The van der Waals surface area contributed by atoms with Gasteiger partial charge in [0, 0.05) is 19.5 Å². The lowest BCUT2D eigenvalue weighted by Crippen LogP contribution is -2.41. The topological polar surface area (TPSA) is 131 Å². The van der Waals surface area contributed by atoms with Crippen LogP contribution >= 0.6 is 11.8 Å². The predicted molar refractivity (Wildman–Crippen MR) is 146 cm³/mol. The number of nitrogens with zero attached hydrogens (tertiary/aromatic N) is 4. The van der Waals surface area contributed by atoms with Crippen LogP contribution in [0.5, 0.6) is 0 Å². The number of allylic oxidation sites excluding steroid dienone is 1. The average molecular weight is 531 g/mol. The monoisotopic (exact) mass is 530 g/mol. The second-order valence-electron chi connectivity index (χ2n) is 8.79. The summed E-state index contributed by atoms with van der Waals surface area (Å²) in [6, 6.07) is -0.372. The van der Waals surface area contributed by atoms with Crippen molar-refractivity contribution in [1.29, 1.82) is 0 Å². The van der Waals surface area contributed by atoms with Crippen LogP contribution in [0.1, 0.15) is 61.8 Å². The lowest BCUT2D eigenvalue weighted by molar-refractivity contribution is -0.145. The number of thioether (sulfide) groups is 1. The first-order valence-corrected chi connectivity index (χ1v) is 13.0. The maximum Gasteiger partial charge on any atom is 0.410 e. The molecule has 206 valence electrons. The summed E-state index contributed by atoms with van der Waals surface area (Å²) in [4.78, 5) is 39.5. The van der Waals surface area contributed by atoms with Gasteiger partial charge in [0.25, 0.3) is 0 Å². The lowest BCUT2D eigenvalue weighted by atomic mass is 10.1. The smallest absolute Gasteiger partial charge is 0.410 e. The second-order valence-corrected chi connectivity index (χ2v) is 9.81. The van der Waals surface area contributed by atoms with Crippen LogP contribution in [0.25, 0.3) is 0 Å². The molecule has 1 amide bonds. The number of halogens is 1. The molecule has 0 aromatic rings. The van der Waals surface area contributed by atoms with Crippen molar-refractivity contribution < 1.29 is 23.5 Å². The van der Waals surface area contributed by atoms with Gasteiger partial charge in [-0.1, -0.05) is 32.5 Å². The second kappa shape index (κ2) is 16.9. The van der Waals surface area contributed by atoms with Crippen molar-refractivity contribution in [1.82, 2.24) is 10.2 Å². The van der Waals surface area contributed by atoms with Crippen LogP contribution in [-0.2, 0) is 14.3 Å². The number of carbonyl (C=O) groups excluding carboxylic acids is 2. The highest BCUT2D eigenvalue weighted by Gasteiger charge is 2.26. The number of hydrogen-bond acceptors (Lipinski definition) is 9. The molecule has 0 saturated heterocycles. The molecule has 1 aliphatic rings. The van der Waals surface area contributed by atoms with E-state index >= 15 is 0 Å². The van der Waals surface area contributed by atoms with Crippen molar-refractivity contribution in [3.63, 3.8) is 0 Å². The summed E-state index contributed by atoms with van der Waals surface area (Å²) < 4.78 is 23.6. The van der Waals surface area contributed by atoms with E-state index in [1.807, 2.05) is 20.8 Å². The molecular formula is C24H43FN6O4S. The van der Waals surface area contributed by atoms with E-state index in [0.717, 1.165) is 5.04 Å². The highest BCUT2D eigenvalue weighted by atomic mass is 32.2. The lowest BCUT2D eigenvalue weighted by Gasteiger charge is -2.29. The van der Waals surface area contributed by atoms with Crippen LogP contribution in [0.4, 0.5) is 9.18 Å². The summed E-state index contributed by atoms with van der Waals surface area (Å²) in [6.07, 6.45) is 1.43. The average Bonchev–Trinajstić information content (AvgIpc) is 2.89. The minimum absolute atomic E-state index is 0.00131. The summed E-state index contributed by atoms with van der Waals surface area (Å²) in [5.74, 6) is -0.484. The zero-order chi connectivity index (χ0) is 27.9. The van der Waals surface area contributed by atoms with Crippen molar-refractivity contribution in [3.05, 3.63) is 11.5 Å². The number of amides is 1. The van der Waals surface area contributed by atoms with E-state index in [2.05, 4.69) is 15.3 Å². The van der Waals surface area contributed by atoms with Crippen LogP contribution in [-0.4, -0.2) is 78.4 Å². The van der Waals surface area contributed by atoms with Crippen LogP contribution in [0.15, 0.2) is 26.5 Å². The van der Waals surface area contributed by atoms with Crippen molar-refractivity contribution in [3.8, 4) is 0 Å². The van der Waals surface area contributed by atoms with Gasteiger partial charge in [0.15, 0.2) is 0 Å². The highest BCUT2D eigenvalue weighted by Crippen LogP contribution is 2.16. The van der Waals surface area contributed by atoms with Gasteiger partial charge in [-0.15, -0.1) is 0 Å². The fourth-order valence-corrected chi connectivity index (χ4v) is 3.48. The molecule has 0 radical (unpaired) electrons. The Labute approximate surface area is 219 Å². The Balaban J connectivity index is 0.00000596. The van der Waals surface area contributed by atoms with Crippen LogP contribution in [0, 0.1) is 5.92 Å². The molecule has 0 aromatic carbocycles. The summed E-state index contributed by atoms with van der Waals surface area (Å²) >= 11 is 1.43. The number of amidine groups is 1. The molecular weight excluding hydrogens is 487 g/mol. The van der Waals surface area contributed by atoms with Crippen LogP contribution < -0.4 is 11.1 Å². The molecule has 0 saturated carbocycles. The third kappa shape index (κ3) is 13.5. The Morgan fingerprint density at radius 1 is 1.39 bits per heavy atom. The quantitative estimate of drug-likeness (QED) is 0.451. The first-order valence-electron chi connectivity index (χ1n) is 12.0. The molecule has 1 rings (SSSR count). The number of ether oxygens (including phenoxy) is 2. The summed E-state index contributed by atoms with van der Waals surface area (Å²) in [6.45, 7) is 14.6. The van der Waals surface area contributed by atoms with Crippen molar-refractivity contribution in [2.24, 2.45) is 26.6 Å². The van der Waals surface area contributed by atoms with Gasteiger partial charge in [0.05, 0.1) is 42.5 Å². The maximum absolute atomic E-state index is 13.3. The number of nitrogens with one attached hydrogen (secondary N) is 1. The first kappa shape index (κ1) is 33.4. The molecule has 0 bridgehead atoms. The Kier molecular flexibility index (Phi) is 15.7. The first-order chi connectivity index (χ1) is 16.8. The van der Waals surface area contributed by atoms with Crippen LogP contribution in [0.2, 0.25) is 0 Å². The number of rotatable bonds is 8.